The van der Waals surface area contributed by atoms with Crippen LogP contribution in [0.2, 0.25) is 0 Å². The molecule has 0 aliphatic rings. The minimum Gasteiger partial charge on any atom is -0.0877 e. The van der Waals surface area contributed by atoms with Crippen LogP contribution in [0.5, 0.6) is 0 Å². The van der Waals surface area contributed by atoms with Crippen LogP contribution in [0.25, 0.3) is 0 Å². The van der Waals surface area contributed by atoms with Gasteiger partial charge in [0, 0.05) is 0 Å². The Morgan fingerprint density at radius 3 is 2.50 bits per heavy atom. The van der Waals surface area contributed by atoms with Crippen LogP contribution in [0.3, 0.4) is 0 Å². The van der Waals surface area contributed by atoms with Gasteiger partial charge in [0.2, 0.25) is 0 Å². The average Bonchev–Trinajstić information content (AvgIpc) is 1.83. The summed E-state index contributed by atoms with van der Waals surface area (Å²) in [7, 11) is 0. The molecule has 0 aliphatic heterocycles. The molecule has 46 valence electrons. The fraction of sp³-hybridized carbons (Fsp3) is 0.500. The van der Waals surface area contributed by atoms with Crippen LogP contribution in [0.15, 0.2) is 23.8 Å². The number of hydrogen-bond donors (Lipinski definition) is 0. The van der Waals surface area contributed by atoms with Gasteiger partial charge in [-0.15, -0.1) is 0 Å². The lowest BCUT2D eigenvalue weighted by molar-refractivity contribution is 1.10. The second-order valence-electron chi connectivity index (χ2n) is 1.89. The molecule has 0 rings (SSSR count). The van der Waals surface area contributed by atoms with E-state index in [4.69, 9.17) is 0 Å². The number of hydrogen-bond acceptors (Lipinski definition) is 0. The van der Waals surface area contributed by atoms with Crippen LogP contribution in [0.1, 0.15) is 27.2 Å². The summed E-state index contributed by atoms with van der Waals surface area (Å²) in [6.07, 6.45) is 7.41. The van der Waals surface area contributed by atoms with Crippen molar-refractivity contribution in [1.29, 1.82) is 0 Å². The largest absolute Gasteiger partial charge is 0.0877 e. The first-order valence-corrected chi connectivity index (χ1v) is 3.09. The molecule has 0 atom stereocenters. The third-order valence-electron chi connectivity index (χ3n) is 1.13. The summed E-state index contributed by atoms with van der Waals surface area (Å²) in [5, 5.41) is 0. The molecule has 0 saturated carbocycles. The molecule has 0 aromatic rings. The molecule has 0 aromatic heterocycles. The van der Waals surface area contributed by atoms with E-state index >= 15 is 0 Å². The minimum absolute atomic E-state index is 1.16. The Labute approximate surface area is 51.9 Å². The van der Waals surface area contributed by atoms with E-state index in [1.807, 2.05) is 13.0 Å². The van der Waals surface area contributed by atoms with Crippen LogP contribution < -0.4 is 0 Å². The number of allylic oxidation sites excluding steroid dienone is 4. The highest BCUT2D eigenvalue weighted by molar-refractivity contribution is 5.08. The molecular formula is C8H14. The van der Waals surface area contributed by atoms with Crippen molar-refractivity contribution in [2.24, 2.45) is 0 Å². The summed E-state index contributed by atoms with van der Waals surface area (Å²) in [4.78, 5) is 0. The average molecular weight is 110 g/mol. The van der Waals surface area contributed by atoms with Crippen LogP contribution in [0.4, 0.5) is 0 Å². The Kier molecular flexibility index (Phi) is 4.33. The highest BCUT2D eigenvalue weighted by atomic mass is 13.8. The van der Waals surface area contributed by atoms with Gasteiger partial charge >= 0.3 is 0 Å². The third-order valence-corrected chi connectivity index (χ3v) is 1.13. The summed E-state index contributed by atoms with van der Waals surface area (Å²) in [5.74, 6) is 0. The first-order valence-electron chi connectivity index (χ1n) is 3.09. The predicted octanol–water partition coefficient (Wildman–Crippen LogP) is 2.92. The molecule has 0 radical (unpaired) electrons. The Balaban J connectivity index is 3.57. The first kappa shape index (κ1) is 7.48. The van der Waals surface area contributed by atoms with Crippen molar-refractivity contribution in [3.63, 3.8) is 0 Å². The van der Waals surface area contributed by atoms with Crippen molar-refractivity contribution in [2.45, 2.75) is 27.2 Å². The zero-order chi connectivity index (χ0) is 6.41. The molecular weight excluding hydrogens is 96.1 g/mol. The molecule has 0 aromatic carbocycles. The van der Waals surface area contributed by atoms with E-state index in [1.54, 1.807) is 0 Å². The van der Waals surface area contributed by atoms with Crippen molar-refractivity contribution >= 4 is 0 Å². The summed E-state index contributed by atoms with van der Waals surface area (Å²) in [6.45, 7) is 6.33. The summed E-state index contributed by atoms with van der Waals surface area (Å²) in [5.41, 5.74) is 1.43. The minimum atomic E-state index is 1.16. The van der Waals surface area contributed by atoms with Crippen molar-refractivity contribution in [3.05, 3.63) is 23.8 Å². The maximum atomic E-state index is 2.16. The summed E-state index contributed by atoms with van der Waals surface area (Å²) in [6, 6.07) is 0. The van der Waals surface area contributed by atoms with Gasteiger partial charge in [-0.1, -0.05) is 30.7 Å². The van der Waals surface area contributed by atoms with E-state index in [1.165, 1.54) is 5.57 Å². The molecule has 0 amide bonds. The van der Waals surface area contributed by atoms with Gasteiger partial charge in [0.25, 0.3) is 0 Å². The zero-order valence-corrected chi connectivity index (χ0v) is 5.94. The number of rotatable bonds is 2. The van der Waals surface area contributed by atoms with Gasteiger partial charge in [-0.25, -0.2) is 0 Å². The van der Waals surface area contributed by atoms with Gasteiger partial charge in [0.05, 0.1) is 0 Å². The first-order chi connectivity index (χ1) is 3.81. The van der Waals surface area contributed by atoms with Crippen LogP contribution in [-0.4, -0.2) is 0 Å². The molecule has 0 nitrogen and oxygen atoms in total. The van der Waals surface area contributed by atoms with Crippen molar-refractivity contribution < 1.29 is 0 Å². The lowest BCUT2D eigenvalue weighted by Crippen LogP contribution is -1.66. The van der Waals surface area contributed by atoms with E-state index in [0.717, 1.165) is 6.42 Å². The fourth-order valence-corrected chi connectivity index (χ4v) is 0.378. The maximum Gasteiger partial charge on any atom is -0.0349 e. The Bertz CT molecular complexity index is 96.6. The van der Waals surface area contributed by atoms with Crippen LogP contribution >= 0.6 is 0 Å². The second-order valence-corrected chi connectivity index (χ2v) is 1.89. The third kappa shape index (κ3) is 3.66. The maximum absolute atomic E-state index is 2.16. The van der Waals surface area contributed by atoms with E-state index in [9.17, 15) is 0 Å². The highest BCUT2D eigenvalue weighted by Gasteiger charge is 1.75. The molecule has 0 unspecified atom stereocenters. The lowest BCUT2D eigenvalue weighted by Gasteiger charge is -1.87. The predicted molar refractivity (Wildman–Crippen MR) is 38.9 cm³/mol. The molecule has 0 N–H and O–H groups in total. The van der Waals surface area contributed by atoms with Crippen molar-refractivity contribution in [1.82, 2.24) is 0 Å². The van der Waals surface area contributed by atoms with Crippen molar-refractivity contribution in [2.75, 3.05) is 0 Å². The molecule has 8 heavy (non-hydrogen) atoms. The standard InChI is InChI=1S/C8H14/c1-4-6-7-8(3)5-2/h4,6-7H,5H2,1-3H3/b6-4+,8-7+. The molecule has 0 heteroatoms. The summed E-state index contributed by atoms with van der Waals surface area (Å²) >= 11 is 0. The molecule has 0 spiro atoms. The topological polar surface area (TPSA) is 0 Å². The van der Waals surface area contributed by atoms with Gasteiger partial charge in [-0.05, 0) is 20.3 Å². The molecule has 0 fully saturated rings. The van der Waals surface area contributed by atoms with Gasteiger partial charge in [-0.3, -0.25) is 0 Å². The van der Waals surface area contributed by atoms with Crippen LogP contribution in [0, 0.1) is 0 Å². The summed E-state index contributed by atoms with van der Waals surface area (Å²) < 4.78 is 0. The SMILES string of the molecule is C/C=C/C=C(\C)CC. The van der Waals surface area contributed by atoms with E-state index in [-0.39, 0.29) is 0 Å². The quantitative estimate of drug-likeness (QED) is 0.479. The zero-order valence-electron chi connectivity index (χ0n) is 5.94. The molecule has 0 bridgehead atoms. The Morgan fingerprint density at radius 1 is 1.50 bits per heavy atom. The van der Waals surface area contributed by atoms with Gasteiger partial charge in [0.15, 0.2) is 0 Å². The van der Waals surface area contributed by atoms with Crippen LogP contribution in [-0.2, 0) is 0 Å². The van der Waals surface area contributed by atoms with Gasteiger partial charge < -0.3 is 0 Å². The second kappa shape index (κ2) is 4.63. The Morgan fingerprint density at radius 2 is 2.12 bits per heavy atom. The van der Waals surface area contributed by atoms with Crippen molar-refractivity contribution in [3.8, 4) is 0 Å². The molecule has 0 heterocycles. The van der Waals surface area contributed by atoms with E-state index in [2.05, 4.69) is 26.0 Å². The fourth-order valence-electron chi connectivity index (χ4n) is 0.378. The highest BCUT2D eigenvalue weighted by Crippen LogP contribution is 1.96. The van der Waals surface area contributed by atoms with E-state index in [0.29, 0.717) is 0 Å². The lowest BCUT2D eigenvalue weighted by atomic mass is 10.2. The van der Waals surface area contributed by atoms with Gasteiger partial charge in [-0.2, -0.15) is 0 Å². The van der Waals surface area contributed by atoms with Gasteiger partial charge in [0.1, 0.15) is 0 Å². The Hall–Kier alpha value is -0.520. The van der Waals surface area contributed by atoms with E-state index < -0.39 is 0 Å². The monoisotopic (exact) mass is 110 g/mol. The smallest absolute Gasteiger partial charge is 0.0349 e. The molecule has 0 saturated heterocycles. The molecule has 0 aliphatic carbocycles. The normalized spacial score (nSPS) is 13.1.